The number of benzene rings is 1. The van der Waals surface area contributed by atoms with E-state index >= 15 is 0 Å². The SMILES string of the molecule is Oc1cccc(F)c1OCCl. The van der Waals surface area contributed by atoms with E-state index in [0.717, 1.165) is 0 Å². The highest BCUT2D eigenvalue weighted by atomic mass is 35.5. The zero-order valence-electron chi connectivity index (χ0n) is 5.55. The van der Waals surface area contributed by atoms with E-state index in [-0.39, 0.29) is 17.6 Å². The zero-order valence-corrected chi connectivity index (χ0v) is 6.31. The molecule has 4 heteroatoms. The number of aromatic hydroxyl groups is 1. The van der Waals surface area contributed by atoms with Gasteiger partial charge in [0, 0.05) is 0 Å². The van der Waals surface area contributed by atoms with Crippen molar-refractivity contribution in [3.05, 3.63) is 24.0 Å². The average molecular weight is 177 g/mol. The first-order valence-corrected chi connectivity index (χ1v) is 3.45. The summed E-state index contributed by atoms with van der Waals surface area (Å²) in [4.78, 5) is 0. The Labute approximate surface area is 68.2 Å². The van der Waals surface area contributed by atoms with E-state index in [1.165, 1.54) is 18.2 Å². The Bertz CT molecular complexity index is 232. The molecule has 0 amide bonds. The summed E-state index contributed by atoms with van der Waals surface area (Å²) >= 11 is 5.18. The van der Waals surface area contributed by atoms with Gasteiger partial charge in [-0.3, -0.25) is 0 Å². The molecule has 0 spiro atoms. The van der Waals surface area contributed by atoms with Crippen molar-refractivity contribution in [2.45, 2.75) is 0 Å². The lowest BCUT2D eigenvalue weighted by Crippen LogP contribution is -1.92. The highest BCUT2D eigenvalue weighted by Crippen LogP contribution is 2.28. The predicted molar refractivity (Wildman–Crippen MR) is 39.4 cm³/mol. The van der Waals surface area contributed by atoms with Crippen LogP contribution in [0.3, 0.4) is 0 Å². The standard InChI is InChI=1S/C7H6ClFO2/c8-4-11-7-5(9)2-1-3-6(7)10/h1-3,10H,4H2. The van der Waals surface area contributed by atoms with Gasteiger partial charge in [-0.25, -0.2) is 4.39 Å². The van der Waals surface area contributed by atoms with E-state index in [2.05, 4.69) is 4.74 Å². The summed E-state index contributed by atoms with van der Waals surface area (Å²) < 4.78 is 17.3. The maximum atomic E-state index is 12.7. The lowest BCUT2D eigenvalue weighted by molar-refractivity contribution is 0.334. The fourth-order valence-electron chi connectivity index (χ4n) is 0.695. The van der Waals surface area contributed by atoms with Crippen molar-refractivity contribution in [3.8, 4) is 11.5 Å². The van der Waals surface area contributed by atoms with E-state index in [0.29, 0.717) is 0 Å². The average Bonchev–Trinajstić information content (AvgIpc) is 1.97. The van der Waals surface area contributed by atoms with Crippen molar-refractivity contribution in [1.29, 1.82) is 0 Å². The summed E-state index contributed by atoms with van der Waals surface area (Å²) in [5.74, 6) is -1.07. The van der Waals surface area contributed by atoms with Crippen LogP contribution in [-0.4, -0.2) is 11.2 Å². The molecule has 0 aliphatic carbocycles. The molecule has 0 aromatic heterocycles. The molecule has 2 nitrogen and oxygen atoms in total. The maximum Gasteiger partial charge on any atom is 0.198 e. The van der Waals surface area contributed by atoms with Gasteiger partial charge in [-0.2, -0.15) is 0 Å². The van der Waals surface area contributed by atoms with Crippen LogP contribution in [0.1, 0.15) is 0 Å². The molecular weight excluding hydrogens is 171 g/mol. The molecule has 0 saturated carbocycles. The summed E-state index contributed by atoms with van der Waals surface area (Å²) in [6.45, 7) is 0. The molecule has 0 fully saturated rings. The molecule has 1 rings (SSSR count). The summed E-state index contributed by atoms with van der Waals surface area (Å²) in [5, 5.41) is 9.00. The third-order valence-electron chi connectivity index (χ3n) is 1.15. The summed E-state index contributed by atoms with van der Waals surface area (Å²) in [6.07, 6.45) is 0. The molecule has 60 valence electrons. The van der Waals surface area contributed by atoms with Crippen LogP contribution in [0, 0.1) is 5.82 Å². The van der Waals surface area contributed by atoms with Crippen LogP contribution in [0.25, 0.3) is 0 Å². The van der Waals surface area contributed by atoms with Crippen LogP contribution in [-0.2, 0) is 0 Å². The van der Waals surface area contributed by atoms with Crippen LogP contribution in [0.4, 0.5) is 4.39 Å². The van der Waals surface area contributed by atoms with Crippen molar-refractivity contribution in [2.75, 3.05) is 6.07 Å². The summed E-state index contributed by atoms with van der Waals surface area (Å²) in [6, 6.07) is 3.70. The molecule has 0 saturated heterocycles. The van der Waals surface area contributed by atoms with E-state index in [9.17, 15) is 4.39 Å². The van der Waals surface area contributed by atoms with Crippen molar-refractivity contribution < 1.29 is 14.2 Å². The summed E-state index contributed by atoms with van der Waals surface area (Å²) in [7, 11) is 0. The number of hydrogen-bond donors (Lipinski definition) is 1. The number of alkyl halides is 1. The topological polar surface area (TPSA) is 29.5 Å². The second-order valence-corrected chi connectivity index (χ2v) is 2.06. The predicted octanol–water partition coefficient (Wildman–Crippen LogP) is 2.11. The largest absolute Gasteiger partial charge is 0.504 e. The van der Waals surface area contributed by atoms with Crippen molar-refractivity contribution in [2.24, 2.45) is 0 Å². The van der Waals surface area contributed by atoms with Gasteiger partial charge in [-0.05, 0) is 12.1 Å². The number of para-hydroxylation sites is 1. The molecule has 11 heavy (non-hydrogen) atoms. The number of rotatable bonds is 2. The van der Waals surface area contributed by atoms with Gasteiger partial charge >= 0.3 is 0 Å². The fourth-order valence-corrected chi connectivity index (χ4v) is 0.804. The van der Waals surface area contributed by atoms with Gasteiger partial charge in [0.05, 0.1) is 0 Å². The first-order chi connectivity index (χ1) is 5.25. The smallest absolute Gasteiger partial charge is 0.198 e. The number of hydrogen-bond acceptors (Lipinski definition) is 2. The molecule has 1 aromatic rings. The van der Waals surface area contributed by atoms with Gasteiger partial charge in [0.25, 0.3) is 0 Å². The van der Waals surface area contributed by atoms with Gasteiger partial charge in [0.1, 0.15) is 0 Å². The molecule has 1 N–H and O–H groups in total. The molecular formula is C7H6ClFO2. The van der Waals surface area contributed by atoms with Gasteiger partial charge in [-0.15, -0.1) is 0 Å². The Balaban J connectivity index is 3.00. The van der Waals surface area contributed by atoms with Crippen molar-refractivity contribution in [3.63, 3.8) is 0 Å². The Morgan fingerprint density at radius 1 is 1.55 bits per heavy atom. The Morgan fingerprint density at radius 2 is 2.27 bits per heavy atom. The van der Waals surface area contributed by atoms with Gasteiger partial charge < -0.3 is 9.84 Å². The van der Waals surface area contributed by atoms with Crippen molar-refractivity contribution >= 4 is 11.6 Å². The highest BCUT2D eigenvalue weighted by molar-refractivity contribution is 6.17. The highest BCUT2D eigenvalue weighted by Gasteiger charge is 2.06. The van der Waals surface area contributed by atoms with Crippen LogP contribution in [0.5, 0.6) is 11.5 Å². The van der Waals surface area contributed by atoms with Gasteiger partial charge in [0.15, 0.2) is 23.4 Å². The Hall–Kier alpha value is -0.960. The molecule has 0 heterocycles. The molecule has 0 atom stereocenters. The molecule has 0 unspecified atom stereocenters. The minimum atomic E-state index is -0.620. The molecule has 0 aliphatic rings. The normalized spacial score (nSPS) is 9.64. The number of halogens is 2. The molecule has 0 bridgehead atoms. The van der Waals surface area contributed by atoms with Crippen LogP contribution >= 0.6 is 11.6 Å². The second kappa shape index (κ2) is 3.44. The minimum Gasteiger partial charge on any atom is -0.504 e. The van der Waals surface area contributed by atoms with Crippen LogP contribution in [0.15, 0.2) is 18.2 Å². The van der Waals surface area contributed by atoms with Crippen LogP contribution < -0.4 is 4.74 Å². The Morgan fingerprint density at radius 3 is 2.82 bits per heavy atom. The van der Waals surface area contributed by atoms with E-state index in [1.54, 1.807) is 0 Å². The lowest BCUT2D eigenvalue weighted by atomic mass is 10.3. The maximum absolute atomic E-state index is 12.7. The van der Waals surface area contributed by atoms with E-state index in [4.69, 9.17) is 16.7 Å². The van der Waals surface area contributed by atoms with Crippen LogP contribution in [0.2, 0.25) is 0 Å². The Kier molecular flexibility index (Phi) is 2.54. The second-order valence-electron chi connectivity index (χ2n) is 1.84. The van der Waals surface area contributed by atoms with Gasteiger partial charge in [-0.1, -0.05) is 17.7 Å². The number of ether oxygens (including phenoxy) is 1. The zero-order chi connectivity index (χ0) is 8.27. The van der Waals surface area contributed by atoms with Gasteiger partial charge in [0.2, 0.25) is 0 Å². The monoisotopic (exact) mass is 176 g/mol. The molecule has 0 aliphatic heterocycles. The number of phenols is 1. The third-order valence-corrected chi connectivity index (χ3v) is 1.25. The number of phenolic OH excluding ortho intramolecular Hbond substituents is 1. The molecule has 0 radical (unpaired) electrons. The van der Waals surface area contributed by atoms with E-state index < -0.39 is 5.82 Å². The lowest BCUT2D eigenvalue weighted by Gasteiger charge is -2.04. The minimum absolute atomic E-state index is 0.186. The van der Waals surface area contributed by atoms with Crippen molar-refractivity contribution in [1.82, 2.24) is 0 Å². The van der Waals surface area contributed by atoms with E-state index in [1.807, 2.05) is 0 Å². The quantitative estimate of drug-likeness (QED) is 0.700. The molecule has 1 aromatic carbocycles. The fraction of sp³-hybridized carbons (Fsp3) is 0.143. The third kappa shape index (κ3) is 1.74. The first-order valence-electron chi connectivity index (χ1n) is 2.92. The first kappa shape index (κ1) is 8.14. The summed E-state index contributed by atoms with van der Waals surface area (Å²) in [5.41, 5.74) is 0.